The Labute approximate surface area is 145 Å². The molecule has 0 bridgehead atoms. The van der Waals surface area contributed by atoms with Gasteiger partial charge >= 0.3 is 5.97 Å². The maximum Gasteiger partial charge on any atom is 0.337 e. The summed E-state index contributed by atoms with van der Waals surface area (Å²) in [7, 11) is 1.34. The van der Waals surface area contributed by atoms with Crippen LogP contribution >= 0.6 is 11.3 Å². The van der Waals surface area contributed by atoms with Gasteiger partial charge in [0.1, 0.15) is 0 Å². The van der Waals surface area contributed by atoms with Crippen molar-refractivity contribution in [3.05, 3.63) is 57.8 Å². The molecule has 1 atom stereocenters. The van der Waals surface area contributed by atoms with Crippen LogP contribution < -0.4 is 5.32 Å². The molecule has 126 valence electrons. The Balaban J connectivity index is 1.74. The van der Waals surface area contributed by atoms with Crippen molar-refractivity contribution in [1.82, 2.24) is 5.32 Å². The van der Waals surface area contributed by atoms with Crippen molar-refractivity contribution in [1.29, 1.82) is 0 Å². The number of hydrogen-bond acceptors (Lipinski definition) is 4. The standard InChI is InChI=1S/C19H21NO3S/c1-23-19(22)15-10-8-14(9-11-15)18(21)20-17(13-5-2-3-6-13)16-7-4-12-24-16/h4,7-13,17H,2-3,5-6H2,1H3,(H,20,21)/t17-/m1/s1. The zero-order valence-electron chi connectivity index (χ0n) is 13.7. The van der Waals surface area contributed by atoms with Crippen LogP contribution in [0.2, 0.25) is 0 Å². The maximum absolute atomic E-state index is 12.6. The monoisotopic (exact) mass is 343 g/mol. The number of thiophene rings is 1. The van der Waals surface area contributed by atoms with Crippen molar-refractivity contribution in [3.8, 4) is 0 Å². The van der Waals surface area contributed by atoms with Gasteiger partial charge < -0.3 is 10.1 Å². The van der Waals surface area contributed by atoms with E-state index < -0.39 is 5.97 Å². The van der Waals surface area contributed by atoms with Gasteiger partial charge in [0.25, 0.3) is 5.91 Å². The normalized spacial score (nSPS) is 15.9. The topological polar surface area (TPSA) is 55.4 Å². The molecular formula is C19H21NO3S. The lowest BCUT2D eigenvalue weighted by molar-refractivity contribution is 0.0600. The van der Waals surface area contributed by atoms with E-state index >= 15 is 0 Å². The van der Waals surface area contributed by atoms with Gasteiger partial charge in [0.2, 0.25) is 0 Å². The maximum atomic E-state index is 12.6. The number of hydrogen-bond donors (Lipinski definition) is 1. The average molecular weight is 343 g/mol. The molecule has 1 aromatic heterocycles. The Morgan fingerprint density at radius 1 is 1.12 bits per heavy atom. The van der Waals surface area contributed by atoms with E-state index in [-0.39, 0.29) is 11.9 Å². The van der Waals surface area contributed by atoms with E-state index in [0.717, 1.165) is 12.8 Å². The molecule has 0 spiro atoms. The first-order chi connectivity index (χ1) is 11.7. The van der Waals surface area contributed by atoms with Gasteiger partial charge in [-0.15, -0.1) is 11.3 Å². The van der Waals surface area contributed by atoms with Crippen molar-refractivity contribution in [2.75, 3.05) is 7.11 Å². The Hall–Kier alpha value is -2.14. The lowest BCUT2D eigenvalue weighted by Crippen LogP contribution is -2.32. The minimum absolute atomic E-state index is 0.0697. The zero-order chi connectivity index (χ0) is 16.9. The van der Waals surface area contributed by atoms with Gasteiger partial charge in [-0.05, 0) is 54.5 Å². The number of rotatable bonds is 5. The molecule has 24 heavy (non-hydrogen) atoms. The Morgan fingerprint density at radius 2 is 1.79 bits per heavy atom. The second-order valence-electron chi connectivity index (χ2n) is 6.08. The summed E-state index contributed by atoms with van der Waals surface area (Å²) in [6, 6.07) is 10.8. The molecule has 5 heteroatoms. The Bertz CT molecular complexity index is 688. The number of amides is 1. The first-order valence-corrected chi connectivity index (χ1v) is 9.09. The lowest BCUT2D eigenvalue weighted by Gasteiger charge is -2.24. The zero-order valence-corrected chi connectivity index (χ0v) is 14.5. The van der Waals surface area contributed by atoms with Gasteiger partial charge in [-0.25, -0.2) is 4.79 Å². The highest BCUT2D eigenvalue weighted by atomic mass is 32.1. The highest BCUT2D eigenvalue weighted by molar-refractivity contribution is 7.10. The molecule has 1 aliphatic rings. The summed E-state index contributed by atoms with van der Waals surface area (Å²) in [5.74, 6) is 0.00281. The van der Waals surface area contributed by atoms with Crippen LogP contribution in [0.1, 0.15) is 57.3 Å². The molecule has 1 heterocycles. The second-order valence-corrected chi connectivity index (χ2v) is 7.06. The van der Waals surface area contributed by atoms with Crippen LogP contribution in [0.3, 0.4) is 0 Å². The molecule has 4 nitrogen and oxygen atoms in total. The Kier molecular flexibility index (Phi) is 5.30. The first-order valence-electron chi connectivity index (χ1n) is 8.21. The van der Waals surface area contributed by atoms with Crippen molar-refractivity contribution < 1.29 is 14.3 Å². The van der Waals surface area contributed by atoms with E-state index in [2.05, 4.69) is 21.5 Å². The van der Waals surface area contributed by atoms with E-state index in [4.69, 9.17) is 0 Å². The van der Waals surface area contributed by atoms with E-state index in [1.807, 2.05) is 6.07 Å². The van der Waals surface area contributed by atoms with E-state index in [9.17, 15) is 9.59 Å². The van der Waals surface area contributed by atoms with E-state index in [1.165, 1.54) is 24.8 Å². The van der Waals surface area contributed by atoms with Gasteiger partial charge in [0.05, 0.1) is 18.7 Å². The lowest BCUT2D eigenvalue weighted by atomic mass is 9.96. The van der Waals surface area contributed by atoms with Gasteiger partial charge in [0, 0.05) is 10.4 Å². The molecule has 0 radical (unpaired) electrons. The van der Waals surface area contributed by atoms with Crippen molar-refractivity contribution in [2.45, 2.75) is 31.7 Å². The summed E-state index contributed by atoms with van der Waals surface area (Å²) in [6.07, 6.45) is 4.78. The van der Waals surface area contributed by atoms with Crippen molar-refractivity contribution >= 4 is 23.2 Å². The van der Waals surface area contributed by atoms with Crippen LogP contribution in [0, 0.1) is 5.92 Å². The van der Waals surface area contributed by atoms with Crippen molar-refractivity contribution in [2.24, 2.45) is 5.92 Å². The quantitative estimate of drug-likeness (QED) is 0.828. The van der Waals surface area contributed by atoms with Gasteiger partial charge in [-0.3, -0.25) is 4.79 Å². The molecule has 2 aromatic rings. The molecule has 0 aliphatic heterocycles. The largest absolute Gasteiger partial charge is 0.465 e. The van der Waals surface area contributed by atoms with E-state index in [1.54, 1.807) is 35.6 Å². The molecule has 1 aromatic carbocycles. The molecular weight excluding hydrogens is 322 g/mol. The van der Waals surface area contributed by atoms with Crippen LogP contribution in [0.15, 0.2) is 41.8 Å². The summed E-state index contributed by atoms with van der Waals surface area (Å²) >= 11 is 1.69. The molecule has 1 aliphatic carbocycles. The molecule has 1 fully saturated rings. The highest BCUT2D eigenvalue weighted by Gasteiger charge is 2.28. The fourth-order valence-corrected chi connectivity index (χ4v) is 4.15. The number of esters is 1. The average Bonchev–Trinajstić information content (AvgIpc) is 3.32. The molecule has 1 amide bonds. The fourth-order valence-electron chi connectivity index (χ4n) is 3.28. The number of carbonyl (C=O) groups is 2. The molecule has 1 N–H and O–H groups in total. The highest BCUT2D eigenvalue weighted by Crippen LogP contribution is 2.37. The number of nitrogens with one attached hydrogen (secondary N) is 1. The van der Waals surface area contributed by atoms with Gasteiger partial charge in [0.15, 0.2) is 0 Å². The summed E-state index contributed by atoms with van der Waals surface area (Å²) < 4.78 is 4.68. The predicted octanol–water partition coefficient (Wildman–Crippen LogP) is 4.20. The van der Waals surface area contributed by atoms with Crippen molar-refractivity contribution in [3.63, 3.8) is 0 Å². The third-order valence-corrected chi connectivity index (χ3v) is 5.53. The number of carbonyl (C=O) groups excluding carboxylic acids is 2. The predicted molar refractivity (Wildman–Crippen MR) is 94.3 cm³/mol. The summed E-state index contributed by atoms with van der Waals surface area (Å²) in [5, 5.41) is 5.25. The summed E-state index contributed by atoms with van der Waals surface area (Å²) in [5.41, 5.74) is 1.00. The minimum atomic E-state index is -0.399. The molecule has 0 unspecified atom stereocenters. The Morgan fingerprint density at radius 3 is 2.38 bits per heavy atom. The number of methoxy groups -OCH3 is 1. The molecule has 3 rings (SSSR count). The third kappa shape index (κ3) is 3.67. The molecule has 1 saturated carbocycles. The van der Waals surface area contributed by atoms with Gasteiger partial charge in [-0.2, -0.15) is 0 Å². The van der Waals surface area contributed by atoms with E-state index in [0.29, 0.717) is 17.0 Å². The number of benzene rings is 1. The molecule has 0 saturated heterocycles. The SMILES string of the molecule is COC(=O)c1ccc(C(=O)N[C@@H](c2cccs2)C2CCCC2)cc1. The van der Waals surface area contributed by atoms with Crippen LogP contribution in [0.5, 0.6) is 0 Å². The van der Waals surface area contributed by atoms with Crippen LogP contribution in [0.4, 0.5) is 0 Å². The minimum Gasteiger partial charge on any atom is -0.465 e. The fraction of sp³-hybridized carbons (Fsp3) is 0.368. The second kappa shape index (κ2) is 7.62. The van der Waals surface area contributed by atoms with Crippen LogP contribution in [-0.2, 0) is 4.74 Å². The summed E-state index contributed by atoms with van der Waals surface area (Å²) in [6.45, 7) is 0. The first kappa shape index (κ1) is 16.7. The smallest absolute Gasteiger partial charge is 0.337 e. The number of ether oxygens (including phenoxy) is 1. The van der Waals surface area contributed by atoms with Gasteiger partial charge in [-0.1, -0.05) is 18.9 Å². The van der Waals surface area contributed by atoms with Crippen LogP contribution in [0.25, 0.3) is 0 Å². The van der Waals surface area contributed by atoms with Crippen LogP contribution in [-0.4, -0.2) is 19.0 Å². The summed E-state index contributed by atoms with van der Waals surface area (Å²) in [4.78, 5) is 25.3. The third-order valence-electron chi connectivity index (χ3n) is 4.58.